The van der Waals surface area contributed by atoms with E-state index in [4.69, 9.17) is 5.14 Å². The lowest BCUT2D eigenvalue weighted by molar-refractivity contribution is -0.139. The van der Waals surface area contributed by atoms with Crippen molar-refractivity contribution >= 4 is 15.7 Å². The molecule has 9 heteroatoms. The molecule has 0 saturated carbocycles. The number of nitrogens with one attached hydrogen (secondary N) is 1. The highest BCUT2D eigenvalue weighted by Gasteiger charge is 2.36. The van der Waals surface area contributed by atoms with Gasteiger partial charge in [0.2, 0.25) is 10.0 Å². The molecule has 23 heavy (non-hydrogen) atoms. The normalized spacial score (nSPS) is 12.2. The Labute approximate surface area is 130 Å². The Morgan fingerprint density at radius 3 is 2.30 bits per heavy atom. The molecule has 0 radical (unpaired) electrons. The van der Waals surface area contributed by atoms with Crippen molar-refractivity contribution < 1.29 is 26.0 Å². The van der Waals surface area contributed by atoms with E-state index in [1.807, 2.05) is 0 Å². The predicted molar refractivity (Wildman–Crippen MR) is 76.5 cm³/mol. The van der Waals surface area contributed by atoms with Crippen LogP contribution in [0.25, 0.3) is 0 Å². The second-order valence-corrected chi connectivity index (χ2v) is 6.23. The van der Waals surface area contributed by atoms with Gasteiger partial charge in [-0.05, 0) is 24.3 Å². The number of alkyl halides is 3. The molecule has 0 bridgehead atoms. The minimum atomic E-state index is -4.89. The number of rotatable bonds is 4. The molecule has 0 aliphatic rings. The third-order valence-corrected chi connectivity index (χ3v) is 4.00. The summed E-state index contributed by atoms with van der Waals surface area (Å²) >= 11 is 0. The maximum atomic E-state index is 13.5. The third-order valence-electron chi connectivity index (χ3n) is 3.03. The molecule has 3 N–H and O–H groups in total. The molecular weight excluding hydrogens is 336 g/mol. The molecule has 0 aliphatic carbocycles. The fraction of sp³-hybridized carbons (Fsp3) is 0.143. The average Bonchev–Trinajstić information content (AvgIpc) is 2.44. The summed E-state index contributed by atoms with van der Waals surface area (Å²) in [5.74, 6) is -0.503. The van der Waals surface area contributed by atoms with Crippen LogP contribution in [-0.4, -0.2) is 8.42 Å². The molecule has 0 fully saturated rings. The topological polar surface area (TPSA) is 72.2 Å². The highest BCUT2D eigenvalue weighted by atomic mass is 32.2. The molecule has 2 aromatic carbocycles. The Kier molecular flexibility index (Phi) is 4.62. The van der Waals surface area contributed by atoms with Gasteiger partial charge in [0.25, 0.3) is 0 Å². The van der Waals surface area contributed by atoms with Crippen LogP contribution < -0.4 is 10.5 Å². The number of halogens is 4. The molecule has 0 heterocycles. The van der Waals surface area contributed by atoms with Gasteiger partial charge in [0.1, 0.15) is 5.82 Å². The van der Waals surface area contributed by atoms with Crippen LogP contribution in [0.2, 0.25) is 0 Å². The minimum absolute atomic E-state index is 0.00650. The van der Waals surface area contributed by atoms with Crippen molar-refractivity contribution in [1.29, 1.82) is 0 Å². The Balaban J connectivity index is 2.33. The van der Waals surface area contributed by atoms with E-state index in [2.05, 4.69) is 5.32 Å². The Morgan fingerprint density at radius 1 is 1.09 bits per heavy atom. The average molecular weight is 348 g/mol. The molecule has 0 atom stereocenters. The van der Waals surface area contributed by atoms with E-state index in [-0.39, 0.29) is 17.8 Å². The standard InChI is InChI=1S/C14H12F4N2O2S/c15-12-4-2-1-3-9(12)8-20-10-5-6-13(23(19,21)22)11(7-10)14(16,17)18/h1-7,20H,8H2,(H2,19,21,22). The fourth-order valence-corrected chi connectivity index (χ4v) is 2.69. The number of hydrogen-bond donors (Lipinski definition) is 2. The van der Waals surface area contributed by atoms with Crippen molar-refractivity contribution in [3.63, 3.8) is 0 Å². The van der Waals surface area contributed by atoms with Gasteiger partial charge in [-0.3, -0.25) is 0 Å². The van der Waals surface area contributed by atoms with Gasteiger partial charge in [-0.15, -0.1) is 0 Å². The summed E-state index contributed by atoms with van der Waals surface area (Å²) in [4.78, 5) is -1.01. The molecule has 124 valence electrons. The van der Waals surface area contributed by atoms with Crippen LogP contribution in [0.4, 0.5) is 23.2 Å². The van der Waals surface area contributed by atoms with E-state index in [0.717, 1.165) is 12.1 Å². The van der Waals surface area contributed by atoms with Gasteiger partial charge in [0, 0.05) is 17.8 Å². The molecule has 2 rings (SSSR count). The van der Waals surface area contributed by atoms with Crippen LogP contribution in [-0.2, 0) is 22.7 Å². The van der Waals surface area contributed by atoms with Crippen molar-refractivity contribution in [2.24, 2.45) is 5.14 Å². The summed E-state index contributed by atoms with van der Waals surface area (Å²) in [6, 6.07) is 8.30. The van der Waals surface area contributed by atoms with Crippen LogP contribution in [0.5, 0.6) is 0 Å². The van der Waals surface area contributed by atoms with Gasteiger partial charge in [0.05, 0.1) is 10.5 Å². The fourth-order valence-electron chi connectivity index (χ4n) is 1.95. The Hall–Kier alpha value is -2.13. The van der Waals surface area contributed by atoms with Crippen molar-refractivity contribution in [3.05, 3.63) is 59.4 Å². The van der Waals surface area contributed by atoms with E-state index in [1.54, 1.807) is 6.07 Å². The lowest BCUT2D eigenvalue weighted by Gasteiger charge is -2.14. The summed E-state index contributed by atoms with van der Waals surface area (Å²) < 4.78 is 74.9. The molecule has 0 spiro atoms. The molecular formula is C14H12F4N2O2S. The lowest BCUT2D eigenvalue weighted by atomic mass is 10.1. The zero-order valence-electron chi connectivity index (χ0n) is 11.6. The van der Waals surface area contributed by atoms with Gasteiger partial charge >= 0.3 is 6.18 Å². The zero-order chi connectivity index (χ0) is 17.3. The largest absolute Gasteiger partial charge is 0.417 e. The van der Waals surface area contributed by atoms with Crippen LogP contribution in [0.3, 0.4) is 0 Å². The molecule has 2 aromatic rings. The predicted octanol–water partition coefficient (Wildman–Crippen LogP) is 3.10. The Bertz CT molecular complexity index is 820. The maximum Gasteiger partial charge on any atom is 0.417 e. The van der Waals surface area contributed by atoms with Crippen molar-refractivity contribution in [1.82, 2.24) is 0 Å². The third kappa shape index (κ3) is 4.20. The van der Waals surface area contributed by atoms with Crippen molar-refractivity contribution in [3.8, 4) is 0 Å². The van der Waals surface area contributed by atoms with Crippen LogP contribution in [0.15, 0.2) is 47.4 Å². The van der Waals surface area contributed by atoms with Crippen LogP contribution in [0.1, 0.15) is 11.1 Å². The number of benzene rings is 2. The highest BCUT2D eigenvalue weighted by molar-refractivity contribution is 7.89. The number of nitrogens with two attached hydrogens (primary N) is 1. The SMILES string of the molecule is NS(=O)(=O)c1ccc(NCc2ccccc2F)cc1C(F)(F)F. The van der Waals surface area contributed by atoms with Gasteiger partial charge in [-0.2, -0.15) is 13.2 Å². The van der Waals surface area contributed by atoms with Crippen molar-refractivity contribution in [2.45, 2.75) is 17.6 Å². The molecule has 0 unspecified atom stereocenters. The lowest BCUT2D eigenvalue weighted by Crippen LogP contribution is -2.19. The van der Waals surface area contributed by atoms with Gasteiger partial charge < -0.3 is 5.32 Å². The molecule has 0 saturated heterocycles. The smallest absolute Gasteiger partial charge is 0.381 e. The van der Waals surface area contributed by atoms with Gasteiger partial charge in [-0.1, -0.05) is 18.2 Å². The second-order valence-electron chi connectivity index (χ2n) is 4.70. The first-order chi connectivity index (χ1) is 10.6. The van der Waals surface area contributed by atoms with E-state index >= 15 is 0 Å². The first-order valence-electron chi connectivity index (χ1n) is 6.30. The highest BCUT2D eigenvalue weighted by Crippen LogP contribution is 2.35. The van der Waals surface area contributed by atoms with Crippen molar-refractivity contribution in [2.75, 3.05) is 5.32 Å². The monoisotopic (exact) mass is 348 g/mol. The Morgan fingerprint density at radius 2 is 1.74 bits per heavy atom. The summed E-state index contributed by atoms with van der Waals surface area (Å²) in [6.45, 7) is -0.0569. The summed E-state index contributed by atoms with van der Waals surface area (Å²) in [6.07, 6.45) is -4.89. The zero-order valence-corrected chi connectivity index (χ0v) is 12.4. The van der Waals surface area contributed by atoms with Crippen LogP contribution in [0, 0.1) is 5.82 Å². The van der Waals surface area contributed by atoms with E-state index < -0.39 is 32.5 Å². The summed E-state index contributed by atoms with van der Waals surface area (Å²) in [5, 5.41) is 7.41. The number of sulfonamides is 1. The van der Waals surface area contributed by atoms with E-state index in [9.17, 15) is 26.0 Å². The molecule has 4 nitrogen and oxygen atoms in total. The van der Waals surface area contributed by atoms with E-state index in [0.29, 0.717) is 6.07 Å². The maximum absolute atomic E-state index is 13.5. The minimum Gasteiger partial charge on any atom is -0.381 e. The molecule has 0 aromatic heterocycles. The van der Waals surface area contributed by atoms with Gasteiger partial charge in [0.15, 0.2) is 0 Å². The molecule has 0 aliphatic heterocycles. The number of primary sulfonamides is 1. The first kappa shape index (κ1) is 17.2. The van der Waals surface area contributed by atoms with Crippen LogP contribution >= 0.6 is 0 Å². The number of anilines is 1. The quantitative estimate of drug-likeness (QED) is 0.834. The summed E-state index contributed by atoms with van der Waals surface area (Å²) in [5.41, 5.74) is -1.12. The summed E-state index contributed by atoms with van der Waals surface area (Å²) in [7, 11) is -4.51. The first-order valence-corrected chi connectivity index (χ1v) is 7.85. The van der Waals surface area contributed by atoms with Gasteiger partial charge in [-0.25, -0.2) is 17.9 Å². The second kappa shape index (κ2) is 6.17. The number of hydrogen-bond acceptors (Lipinski definition) is 3. The molecule has 0 amide bonds. The van der Waals surface area contributed by atoms with E-state index in [1.165, 1.54) is 18.2 Å².